The van der Waals surface area contributed by atoms with Crippen LogP contribution in [0, 0.1) is 25.2 Å². The highest BCUT2D eigenvalue weighted by atomic mass is 35.5. The van der Waals surface area contributed by atoms with Gasteiger partial charge in [-0.2, -0.15) is 5.26 Å². The standard InChI is InChI=1S/C23H20N4O.ClH/c1-15-11-17(16(2)27(15)19-7-5-4-6-8-19)12-18(14-24)23-25-21-10-9-20(28-3)13-22(21)26-23;/h4-13H,1-3H3,(H,25,26);1H. The molecule has 4 aromatic rings. The minimum absolute atomic E-state index is 0. The minimum Gasteiger partial charge on any atom is -0.497 e. The van der Waals surface area contributed by atoms with Crippen molar-refractivity contribution in [1.82, 2.24) is 14.5 Å². The topological polar surface area (TPSA) is 66.6 Å². The third-order valence-corrected chi connectivity index (χ3v) is 4.85. The van der Waals surface area contributed by atoms with E-state index < -0.39 is 0 Å². The van der Waals surface area contributed by atoms with E-state index in [-0.39, 0.29) is 12.4 Å². The summed E-state index contributed by atoms with van der Waals surface area (Å²) in [5.74, 6) is 1.30. The number of H-pyrrole nitrogens is 1. The highest BCUT2D eigenvalue weighted by Crippen LogP contribution is 2.26. The molecule has 0 aliphatic heterocycles. The van der Waals surface area contributed by atoms with Gasteiger partial charge in [0.25, 0.3) is 0 Å². The zero-order valence-corrected chi connectivity index (χ0v) is 17.2. The number of nitriles is 1. The summed E-state index contributed by atoms with van der Waals surface area (Å²) < 4.78 is 7.44. The van der Waals surface area contributed by atoms with Crippen molar-refractivity contribution in [2.75, 3.05) is 7.11 Å². The smallest absolute Gasteiger partial charge is 0.149 e. The summed E-state index contributed by atoms with van der Waals surface area (Å²) in [6.45, 7) is 4.13. The lowest BCUT2D eigenvalue weighted by atomic mass is 10.1. The van der Waals surface area contributed by atoms with Gasteiger partial charge in [0, 0.05) is 23.1 Å². The fraction of sp³-hybridized carbons (Fsp3) is 0.130. The lowest BCUT2D eigenvalue weighted by Crippen LogP contribution is -1.98. The Morgan fingerprint density at radius 1 is 1.14 bits per heavy atom. The maximum absolute atomic E-state index is 9.74. The zero-order chi connectivity index (χ0) is 19.7. The van der Waals surface area contributed by atoms with Crippen molar-refractivity contribution in [2.24, 2.45) is 0 Å². The average molecular weight is 405 g/mol. The van der Waals surface area contributed by atoms with Crippen molar-refractivity contribution < 1.29 is 4.74 Å². The summed E-state index contributed by atoms with van der Waals surface area (Å²) in [4.78, 5) is 7.79. The van der Waals surface area contributed by atoms with Gasteiger partial charge in [-0.1, -0.05) is 18.2 Å². The number of benzene rings is 2. The van der Waals surface area contributed by atoms with E-state index >= 15 is 0 Å². The molecule has 2 heterocycles. The van der Waals surface area contributed by atoms with Crippen LogP contribution in [-0.2, 0) is 0 Å². The van der Waals surface area contributed by atoms with Gasteiger partial charge < -0.3 is 14.3 Å². The molecule has 5 nitrogen and oxygen atoms in total. The molecule has 0 atom stereocenters. The van der Waals surface area contributed by atoms with Gasteiger partial charge in [0.2, 0.25) is 0 Å². The number of halogens is 1. The number of nitrogens with zero attached hydrogens (tertiary/aromatic N) is 3. The fourth-order valence-electron chi connectivity index (χ4n) is 3.46. The van der Waals surface area contributed by atoms with Crippen molar-refractivity contribution in [1.29, 1.82) is 5.26 Å². The highest BCUT2D eigenvalue weighted by Gasteiger charge is 2.13. The molecule has 0 spiro atoms. The van der Waals surface area contributed by atoms with Crippen LogP contribution in [0.3, 0.4) is 0 Å². The molecule has 0 aliphatic rings. The molecule has 0 amide bonds. The molecule has 0 fully saturated rings. The first-order chi connectivity index (χ1) is 13.6. The van der Waals surface area contributed by atoms with Crippen LogP contribution in [0.2, 0.25) is 0 Å². The summed E-state index contributed by atoms with van der Waals surface area (Å²) >= 11 is 0. The Morgan fingerprint density at radius 2 is 1.90 bits per heavy atom. The van der Waals surface area contributed by atoms with E-state index in [2.05, 4.69) is 52.7 Å². The second-order valence-corrected chi connectivity index (χ2v) is 6.64. The number of rotatable bonds is 4. The normalized spacial score (nSPS) is 11.2. The van der Waals surface area contributed by atoms with Gasteiger partial charge >= 0.3 is 0 Å². The molecule has 0 unspecified atom stereocenters. The third kappa shape index (κ3) is 3.75. The lowest BCUT2D eigenvalue weighted by molar-refractivity contribution is 0.415. The Labute approximate surface area is 175 Å². The number of hydrogen-bond acceptors (Lipinski definition) is 3. The predicted octanol–water partition coefficient (Wildman–Crippen LogP) is 5.47. The van der Waals surface area contributed by atoms with Crippen molar-refractivity contribution in [2.45, 2.75) is 13.8 Å². The third-order valence-electron chi connectivity index (χ3n) is 4.85. The summed E-state index contributed by atoms with van der Waals surface area (Å²) in [5, 5.41) is 9.74. The molecule has 0 saturated carbocycles. The molecule has 0 aliphatic carbocycles. The SMILES string of the molecule is COc1ccc2nc(C(C#N)=Cc3cc(C)n(-c4ccccc4)c3C)[nH]c2c1.Cl. The van der Waals surface area contributed by atoms with E-state index in [0.717, 1.165) is 39.4 Å². The van der Waals surface area contributed by atoms with E-state index in [0.29, 0.717) is 11.4 Å². The van der Waals surface area contributed by atoms with Crippen LogP contribution in [-0.4, -0.2) is 21.6 Å². The maximum Gasteiger partial charge on any atom is 0.149 e. The first kappa shape index (κ1) is 20.2. The fourth-order valence-corrected chi connectivity index (χ4v) is 3.46. The number of aromatic nitrogens is 3. The number of hydrogen-bond donors (Lipinski definition) is 1. The van der Waals surface area contributed by atoms with Gasteiger partial charge in [0.15, 0.2) is 0 Å². The summed E-state index contributed by atoms with van der Waals surface area (Å²) in [7, 11) is 1.63. The second-order valence-electron chi connectivity index (χ2n) is 6.64. The number of fused-ring (bicyclic) bond motifs is 1. The number of para-hydroxylation sites is 1. The molecule has 1 N–H and O–H groups in total. The van der Waals surface area contributed by atoms with Crippen molar-refractivity contribution >= 4 is 35.1 Å². The zero-order valence-electron chi connectivity index (χ0n) is 16.4. The van der Waals surface area contributed by atoms with Crippen molar-refractivity contribution in [3.63, 3.8) is 0 Å². The van der Waals surface area contributed by atoms with Crippen LogP contribution in [0.15, 0.2) is 54.6 Å². The molecule has 0 saturated heterocycles. The van der Waals surface area contributed by atoms with Gasteiger partial charge in [-0.05, 0) is 55.8 Å². The van der Waals surface area contributed by atoms with Gasteiger partial charge in [0.05, 0.1) is 23.7 Å². The number of allylic oxidation sites excluding steroid dienone is 1. The highest BCUT2D eigenvalue weighted by molar-refractivity contribution is 5.91. The number of aromatic amines is 1. The van der Waals surface area contributed by atoms with E-state index in [1.165, 1.54) is 0 Å². The van der Waals surface area contributed by atoms with Gasteiger partial charge in [0.1, 0.15) is 17.6 Å². The monoisotopic (exact) mass is 404 g/mol. The Hall–Kier alpha value is -3.49. The quantitative estimate of drug-likeness (QED) is 0.459. The largest absolute Gasteiger partial charge is 0.497 e. The minimum atomic E-state index is 0. The van der Waals surface area contributed by atoms with Crippen LogP contribution < -0.4 is 4.74 Å². The first-order valence-electron chi connectivity index (χ1n) is 9.01. The molecule has 146 valence electrons. The Balaban J connectivity index is 0.00000240. The van der Waals surface area contributed by atoms with E-state index in [1.807, 2.05) is 42.5 Å². The average Bonchev–Trinajstić information content (AvgIpc) is 3.26. The molecule has 2 aromatic heterocycles. The Bertz CT molecular complexity index is 1230. The lowest BCUT2D eigenvalue weighted by Gasteiger charge is -2.09. The summed E-state index contributed by atoms with van der Waals surface area (Å²) in [6, 6.07) is 20.2. The number of nitrogens with one attached hydrogen (secondary N) is 1. The molecular formula is C23H21ClN4O. The predicted molar refractivity (Wildman–Crippen MR) is 119 cm³/mol. The Morgan fingerprint density at radius 3 is 2.59 bits per heavy atom. The summed E-state index contributed by atoms with van der Waals surface area (Å²) in [6.07, 6.45) is 1.89. The van der Waals surface area contributed by atoms with E-state index in [1.54, 1.807) is 7.11 Å². The molecule has 29 heavy (non-hydrogen) atoms. The van der Waals surface area contributed by atoms with Crippen molar-refractivity contribution in [3.05, 3.63) is 77.4 Å². The maximum atomic E-state index is 9.74. The molecule has 0 bridgehead atoms. The van der Waals surface area contributed by atoms with Gasteiger partial charge in [-0.15, -0.1) is 12.4 Å². The van der Waals surface area contributed by atoms with Crippen LogP contribution >= 0.6 is 12.4 Å². The molecule has 6 heteroatoms. The Kier molecular flexibility index (Phi) is 5.76. The van der Waals surface area contributed by atoms with Crippen LogP contribution in [0.4, 0.5) is 0 Å². The second kappa shape index (κ2) is 8.26. The number of methoxy groups -OCH3 is 1. The molecule has 2 aromatic carbocycles. The van der Waals surface area contributed by atoms with Crippen LogP contribution in [0.1, 0.15) is 22.8 Å². The first-order valence-corrected chi connectivity index (χ1v) is 9.01. The van der Waals surface area contributed by atoms with Gasteiger partial charge in [-0.25, -0.2) is 4.98 Å². The number of imidazole rings is 1. The van der Waals surface area contributed by atoms with Gasteiger partial charge in [-0.3, -0.25) is 0 Å². The number of aryl methyl sites for hydroxylation is 1. The van der Waals surface area contributed by atoms with E-state index in [9.17, 15) is 5.26 Å². The molecule has 4 rings (SSSR count). The summed E-state index contributed by atoms with van der Waals surface area (Å²) in [5.41, 5.74) is 6.42. The van der Waals surface area contributed by atoms with E-state index in [4.69, 9.17) is 4.74 Å². The molecular weight excluding hydrogens is 384 g/mol. The van der Waals surface area contributed by atoms with Crippen LogP contribution in [0.25, 0.3) is 28.4 Å². The number of ether oxygens (including phenoxy) is 1. The van der Waals surface area contributed by atoms with Crippen molar-refractivity contribution in [3.8, 4) is 17.5 Å². The van der Waals surface area contributed by atoms with Crippen LogP contribution in [0.5, 0.6) is 5.75 Å². The molecule has 0 radical (unpaired) electrons.